The molecule has 21 heavy (non-hydrogen) atoms. The summed E-state index contributed by atoms with van der Waals surface area (Å²) in [5, 5.41) is 3.71. The Kier molecular flexibility index (Phi) is 8.58. The van der Waals surface area contributed by atoms with E-state index in [4.69, 9.17) is 0 Å². The molecule has 120 valence electrons. The van der Waals surface area contributed by atoms with E-state index >= 15 is 0 Å². The summed E-state index contributed by atoms with van der Waals surface area (Å²) in [7, 11) is 6.52. The van der Waals surface area contributed by atoms with Crippen molar-refractivity contribution >= 4 is 0 Å². The van der Waals surface area contributed by atoms with Crippen LogP contribution in [0.15, 0.2) is 30.3 Å². The first kappa shape index (κ1) is 18.1. The standard InChI is InChI=1S/C18H33N3/c1-6-13-19-18(17-11-8-7-9-12-17)16(2)21(5)15-10-14-20(3)4/h7-9,11-12,16,18-19H,6,10,13-15H2,1-5H3. The van der Waals surface area contributed by atoms with Gasteiger partial charge in [-0.3, -0.25) is 0 Å². The van der Waals surface area contributed by atoms with Crippen LogP contribution in [0.4, 0.5) is 0 Å². The molecule has 0 aliphatic heterocycles. The van der Waals surface area contributed by atoms with Crippen molar-refractivity contribution in [1.29, 1.82) is 0 Å². The summed E-state index contributed by atoms with van der Waals surface area (Å²) in [5.74, 6) is 0. The summed E-state index contributed by atoms with van der Waals surface area (Å²) in [6.07, 6.45) is 2.38. The summed E-state index contributed by atoms with van der Waals surface area (Å²) >= 11 is 0. The van der Waals surface area contributed by atoms with Crippen molar-refractivity contribution in [2.75, 3.05) is 40.8 Å². The average Bonchev–Trinajstić information content (AvgIpc) is 2.48. The second-order valence-electron chi connectivity index (χ2n) is 6.22. The van der Waals surface area contributed by atoms with E-state index in [0.29, 0.717) is 12.1 Å². The first-order valence-electron chi connectivity index (χ1n) is 8.19. The first-order valence-corrected chi connectivity index (χ1v) is 8.19. The SMILES string of the molecule is CCCNC(c1ccccc1)C(C)N(C)CCCN(C)C. The van der Waals surface area contributed by atoms with Crippen LogP contribution in [-0.4, -0.2) is 56.6 Å². The highest BCUT2D eigenvalue weighted by Gasteiger charge is 2.21. The summed E-state index contributed by atoms with van der Waals surface area (Å²) in [6.45, 7) is 7.90. The lowest BCUT2D eigenvalue weighted by Gasteiger charge is -2.33. The molecular weight excluding hydrogens is 258 g/mol. The summed E-state index contributed by atoms with van der Waals surface area (Å²) in [4.78, 5) is 4.73. The van der Waals surface area contributed by atoms with Gasteiger partial charge in [0, 0.05) is 12.1 Å². The molecule has 2 atom stereocenters. The molecule has 1 rings (SSSR count). The average molecular weight is 291 g/mol. The van der Waals surface area contributed by atoms with E-state index in [-0.39, 0.29) is 0 Å². The molecule has 1 aromatic carbocycles. The minimum Gasteiger partial charge on any atom is -0.309 e. The highest BCUT2D eigenvalue weighted by molar-refractivity contribution is 5.20. The lowest BCUT2D eigenvalue weighted by Crippen LogP contribution is -2.42. The molecule has 1 aromatic rings. The van der Waals surface area contributed by atoms with Gasteiger partial charge in [-0.1, -0.05) is 37.3 Å². The maximum Gasteiger partial charge on any atom is 0.0475 e. The number of nitrogens with zero attached hydrogens (tertiary/aromatic N) is 2. The fourth-order valence-corrected chi connectivity index (χ4v) is 2.62. The van der Waals surface area contributed by atoms with E-state index in [1.54, 1.807) is 0 Å². The Morgan fingerprint density at radius 1 is 1.05 bits per heavy atom. The number of hydrogen-bond donors (Lipinski definition) is 1. The fraction of sp³-hybridized carbons (Fsp3) is 0.667. The molecule has 0 heterocycles. The Morgan fingerprint density at radius 2 is 1.71 bits per heavy atom. The van der Waals surface area contributed by atoms with Crippen LogP contribution < -0.4 is 5.32 Å². The van der Waals surface area contributed by atoms with Crippen LogP contribution in [0, 0.1) is 0 Å². The van der Waals surface area contributed by atoms with E-state index in [9.17, 15) is 0 Å². The molecule has 0 aromatic heterocycles. The van der Waals surface area contributed by atoms with Gasteiger partial charge in [-0.05, 0) is 66.1 Å². The highest BCUT2D eigenvalue weighted by atomic mass is 15.2. The zero-order valence-electron chi connectivity index (χ0n) is 14.5. The van der Waals surface area contributed by atoms with Gasteiger partial charge in [0.25, 0.3) is 0 Å². The normalized spacial score (nSPS) is 14.6. The topological polar surface area (TPSA) is 18.5 Å². The zero-order chi connectivity index (χ0) is 15.7. The molecule has 0 saturated heterocycles. The van der Waals surface area contributed by atoms with Crippen molar-refractivity contribution < 1.29 is 0 Å². The monoisotopic (exact) mass is 291 g/mol. The van der Waals surface area contributed by atoms with E-state index in [0.717, 1.165) is 19.6 Å². The van der Waals surface area contributed by atoms with E-state index in [2.05, 4.69) is 80.4 Å². The largest absolute Gasteiger partial charge is 0.309 e. The van der Waals surface area contributed by atoms with Gasteiger partial charge in [-0.2, -0.15) is 0 Å². The Labute approximate surface area is 131 Å². The number of likely N-dealkylation sites (N-methyl/N-ethyl adjacent to an activating group) is 1. The molecule has 0 fully saturated rings. The van der Waals surface area contributed by atoms with E-state index in [1.165, 1.54) is 18.4 Å². The van der Waals surface area contributed by atoms with Gasteiger partial charge >= 0.3 is 0 Å². The van der Waals surface area contributed by atoms with Crippen molar-refractivity contribution in [2.45, 2.75) is 38.8 Å². The van der Waals surface area contributed by atoms with Crippen LogP contribution in [0.5, 0.6) is 0 Å². The van der Waals surface area contributed by atoms with Crippen LogP contribution in [0.3, 0.4) is 0 Å². The van der Waals surface area contributed by atoms with Crippen molar-refractivity contribution in [3.05, 3.63) is 35.9 Å². The second-order valence-corrected chi connectivity index (χ2v) is 6.22. The van der Waals surface area contributed by atoms with Gasteiger partial charge in [-0.15, -0.1) is 0 Å². The van der Waals surface area contributed by atoms with Gasteiger partial charge in [-0.25, -0.2) is 0 Å². The summed E-state index contributed by atoms with van der Waals surface area (Å²) in [5.41, 5.74) is 1.39. The van der Waals surface area contributed by atoms with Crippen LogP contribution in [0.25, 0.3) is 0 Å². The lowest BCUT2D eigenvalue weighted by molar-refractivity contribution is 0.198. The number of hydrogen-bond acceptors (Lipinski definition) is 3. The smallest absolute Gasteiger partial charge is 0.0475 e. The van der Waals surface area contributed by atoms with Crippen LogP contribution >= 0.6 is 0 Å². The van der Waals surface area contributed by atoms with Gasteiger partial charge in [0.05, 0.1) is 0 Å². The third kappa shape index (κ3) is 6.60. The number of rotatable bonds is 10. The van der Waals surface area contributed by atoms with E-state index in [1.807, 2.05) is 0 Å². The van der Waals surface area contributed by atoms with Gasteiger partial charge in [0.2, 0.25) is 0 Å². The molecule has 0 amide bonds. The molecule has 0 spiro atoms. The van der Waals surface area contributed by atoms with Crippen LogP contribution in [0.1, 0.15) is 38.3 Å². The quantitative estimate of drug-likeness (QED) is 0.715. The highest BCUT2D eigenvalue weighted by Crippen LogP contribution is 2.20. The van der Waals surface area contributed by atoms with Gasteiger partial charge < -0.3 is 15.1 Å². The maximum absolute atomic E-state index is 3.71. The third-order valence-electron chi connectivity index (χ3n) is 4.07. The lowest BCUT2D eigenvalue weighted by atomic mass is 9.99. The third-order valence-corrected chi connectivity index (χ3v) is 4.07. The predicted molar refractivity (Wildman–Crippen MR) is 92.7 cm³/mol. The molecule has 0 aliphatic rings. The van der Waals surface area contributed by atoms with Gasteiger partial charge in [0.15, 0.2) is 0 Å². The number of benzene rings is 1. The predicted octanol–water partition coefficient (Wildman–Crippen LogP) is 3.00. The Bertz CT molecular complexity index is 364. The molecule has 2 unspecified atom stereocenters. The van der Waals surface area contributed by atoms with Crippen LogP contribution in [-0.2, 0) is 0 Å². The molecule has 0 radical (unpaired) electrons. The second kappa shape index (κ2) is 9.93. The zero-order valence-corrected chi connectivity index (χ0v) is 14.5. The summed E-state index contributed by atoms with van der Waals surface area (Å²) < 4.78 is 0. The molecule has 1 N–H and O–H groups in total. The van der Waals surface area contributed by atoms with Crippen molar-refractivity contribution in [1.82, 2.24) is 15.1 Å². The fourth-order valence-electron chi connectivity index (χ4n) is 2.62. The van der Waals surface area contributed by atoms with Crippen molar-refractivity contribution in [3.63, 3.8) is 0 Å². The minimum atomic E-state index is 0.399. The van der Waals surface area contributed by atoms with Crippen LogP contribution in [0.2, 0.25) is 0 Å². The minimum absolute atomic E-state index is 0.399. The first-order chi connectivity index (χ1) is 10.1. The molecule has 3 nitrogen and oxygen atoms in total. The Morgan fingerprint density at radius 3 is 2.29 bits per heavy atom. The maximum atomic E-state index is 3.71. The van der Waals surface area contributed by atoms with Crippen molar-refractivity contribution in [3.8, 4) is 0 Å². The summed E-state index contributed by atoms with van der Waals surface area (Å²) in [6, 6.07) is 11.7. The molecular formula is C18H33N3. The molecule has 0 aliphatic carbocycles. The molecule has 0 saturated carbocycles. The van der Waals surface area contributed by atoms with Crippen molar-refractivity contribution in [2.24, 2.45) is 0 Å². The Balaban J connectivity index is 2.64. The van der Waals surface area contributed by atoms with E-state index < -0.39 is 0 Å². The van der Waals surface area contributed by atoms with Gasteiger partial charge in [0.1, 0.15) is 0 Å². The molecule has 0 bridgehead atoms. The molecule has 3 heteroatoms. The number of nitrogens with one attached hydrogen (secondary N) is 1. The Hall–Kier alpha value is -0.900.